The lowest BCUT2D eigenvalue weighted by atomic mass is 10.1. The van der Waals surface area contributed by atoms with Crippen LogP contribution in [-0.4, -0.2) is 56.6 Å². The van der Waals surface area contributed by atoms with Gasteiger partial charge in [0.05, 0.1) is 6.42 Å². The van der Waals surface area contributed by atoms with E-state index < -0.39 is 0 Å². The van der Waals surface area contributed by atoms with E-state index in [0.29, 0.717) is 25.3 Å². The predicted molar refractivity (Wildman–Crippen MR) is 107 cm³/mol. The highest BCUT2D eigenvalue weighted by Gasteiger charge is 2.23. The summed E-state index contributed by atoms with van der Waals surface area (Å²) in [5, 5.41) is 8.04. The summed E-state index contributed by atoms with van der Waals surface area (Å²) in [5.41, 5.74) is 2.16. The standard InChI is InChI=1S/C19H21BrN6O/c1-2-15-12-17(22-19-23-21-13-26(15)19)24-7-9-25(10-8-24)18(27)11-14-5-3-4-6-16(14)20/h3-6,12-13H,2,7-11H2,1H3. The Balaban J connectivity index is 1.43. The van der Waals surface area contributed by atoms with Gasteiger partial charge in [-0.2, -0.15) is 4.98 Å². The molecule has 3 aromatic rings. The van der Waals surface area contributed by atoms with Gasteiger partial charge in [0, 0.05) is 42.4 Å². The lowest BCUT2D eigenvalue weighted by Crippen LogP contribution is -2.49. The number of benzene rings is 1. The number of aryl methyl sites for hydroxylation is 1. The van der Waals surface area contributed by atoms with Crippen molar-refractivity contribution in [2.75, 3.05) is 31.1 Å². The fourth-order valence-corrected chi connectivity index (χ4v) is 3.82. The summed E-state index contributed by atoms with van der Waals surface area (Å²) >= 11 is 3.52. The third-order valence-corrected chi connectivity index (χ3v) is 5.74. The van der Waals surface area contributed by atoms with Crippen LogP contribution in [0.2, 0.25) is 0 Å². The first-order valence-corrected chi connectivity index (χ1v) is 9.91. The third-order valence-electron chi connectivity index (χ3n) is 4.97. The molecule has 3 heterocycles. The van der Waals surface area contributed by atoms with Gasteiger partial charge in [0.1, 0.15) is 12.1 Å². The lowest BCUT2D eigenvalue weighted by molar-refractivity contribution is -0.130. The molecule has 4 rings (SSSR count). The minimum absolute atomic E-state index is 0.164. The van der Waals surface area contributed by atoms with Crippen molar-refractivity contribution in [1.82, 2.24) is 24.5 Å². The maximum atomic E-state index is 12.7. The Morgan fingerprint density at radius 3 is 2.70 bits per heavy atom. The number of anilines is 1. The van der Waals surface area contributed by atoms with Crippen molar-refractivity contribution in [2.45, 2.75) is 19.8 Å². The second-order valence-corrected chi connectivity index (χ2v) is 7.45. The number of rotatable bonds is 4. The molecule has 2 aromatic heterocycles. The van der Waals surface area contributed by atoms with Crippen LogP contribution in [0.15, 0.2) is 41.1 Å². The molecule has 1 aromatic carbocycles. The number of aromatic nitrogens is 4. The maximum Gasteiger partial charge on any atom is 0.256 e. The number of hydrogen-bond acceptors (Lipinski definition) is 5. The second kappa shape index (κ2) is 7.64. The Bertz CT molecular complexity index is 964. The molecule has 7 nitrogen and oxygen atoms in total. The van der Waals surface area contributed by atoms with Gasteiger partial charge in [-0.1, -0.05) is 41.1 Å². The van der Waals surface area contributed by atoms with Crippen molar-refractivity contribution in [3.63, 3.8) is 0 Å². The van der Waals surface area contributed by atoms with E-state index >= 15 is 0 Å². The highest BCUT2D eigenvalue weighted by Crippen LogP contribution is 2.20. The molecule has 1 amide bonds. The molecule has 8 heteroatoms. The molecule has 1 aliphatic rings. The molecular formula is C19H21BrN6O. The first-order chi connectivity index (χ1) is 13.2. The predicted octanol–water partition coefficient (Wildman–Crippen LogP) is 2.34. The van der Waals surface area contributed by atoms with Gasteiger partial charge in [-0.15, -0.1) is 10.2 Å². The molecule has 0 saturated carbocycles. The van der Waals surface area contributed by atoms with E-state index in [9.17, 15) is 4.79 Å². The lowest BCUT2D eigenvalue weighted by Gasteiger charge is -2.35. The summed E-state index contributed by atoms with van der Waals surface area (Å²) in [6.45, 7) is 5.04. The van der Waals surface area contributed by atoms with Crippen LogP contribution in [0, 0.1) is 0 Å². The second-order valence-electron chi connectivity index (χ2n) is 6.60. The fraction of sp³-hybridized carbons (Fsp3) is 0.368. The molecule has 0 unspecified atom stereocenters. The van der Waals surface area contributed by atoms with Crippen LogP contribution in [0.5, 0.6) is 0 Å². The number of fused-ring (bicyclic) bond motifs is 1. The van der Waals surface area contributed by atoms with Crippen LogP contribution in [0.4, 0.5) is 5.82 Å². The maximum absolute atomic E-state index is 12.7. The minimum atomic E-state index is 0.164. The average molecular weight is 429 g/mol. The van der Waals surface area contributed by atoms with Crippen molar-refractivity contribution in [2.24, 2.45) is 0 Å². The molecule has 1 aliphatic heterocycles. The van der Waals surface area contributed by atoms with E-state index in [4.69, 9.17) is 0 Å². The van der Waals surface area contributed by atoms with Gasteiger partial charge >= 0.3 is 0 Å². The molecule has 0 bridgehead atoms. The van der Waals surface area contributed by atoms with Crippen LogP contribution in [0.3, 0.4) is 0 Å². The fourth-order valence-electron chi connectivity index (χ4n) is 3.40. The summed E-state index contributed by atoms with van der Waals surface area (Å²) < 4.78 is 2.90. The van der Waals surface area contributed by atoms with E-state index in [1.165, 1.54) is 0 Å². The zero-order chi connectivity index (χ0) is 18.8. The van der Waals surface area contributed by atoms with E-state index in [1.54, 1.807) is 6.33 Å². The first-order valence-electron chi connectivity index (χ1n) is 9.11. The Labute approximate surface area is 166 Å². The van der Waals surface area contributed by atoms with Gasteiger partial charge in [-0.3, -0.25) is 9.20 Å². The monoisotopic (exact) mass is 428 g/mol. The van der Waals surface area contributed by atoms with Crippen LogP contribution in [0.25, 0.3) is 5.78 Å². The van der Waals surface area contributed by atoms with E-state index in [2.05, 4.69) is 49.0 Å². The quantitative estimate of drug-likeness (QED) is 0.637. The number of nitrogens with zero attached hydrogens (tertiary/aromatic N) is 6. The molecule has 0 atom stereocenters. The largest absolute Gasteiger partial charge is 0.353 e. The third kappa shape index (κ3) is 3.66. The molecule has 1 saturated heterocycles. The SMILES string of the molecule is CCc1cc(N2CCN(C(=O)Cc3ccccc3Br)CC2)nc2nncn12. The van der Waals surface area contributed by atoms with Crippen molar-refractivity contribution in [3.8, 4) is 0 Å². The number of hydrogen-bond donors (Lipinski definition) is 0. The van der Waals surface area contributed by atoms with Crippen molar-refractivity contribution in [3.05, 3.63) is 52.4 Å². The van der Waals surface area contributed by atoms with E-state index in [-0.39, 0.29) is 5.91 Å². The van der Waals surface area contributed by atoms with Gasteiger partial charge in [0.25, 0.3) is 5.78 Å². The summed E-state index contributed by atoms with van der Waals surface area (Å²) in [7, 11) is 0. The summed E-state index contributed by atoms with van der Waals surface area (Å²) in [5.74, 6) is 1.69. The van der Waals surface area contributed by atoms with Gasteiger partial charge in [0.15, 0.2) is 0 Å². The Hall–Kier alpha value is -2.48. The smallest absolute Gasteiger partial charge is 0.256 e. The Morgan fingerprint density at radius 2 is 1.96 bits per heavy atom. The molecule has 27 heavy (non-hydrogen) atoms. The van der Waals surface area contributed by atoms with E-state index in [0.717, 1.165) is 41.1 Å². The van der Waals surface area contributed by atoms with Crippen LogP contribution >= 0.6 is 15.9 Å². The number of carbonyl (C=O) groups is 1. The van der Waals surface area contributed by atoms with Crippen LogP contribution in [-0.2, 0) is 17.6 Å². The van der Waals surface area contributed by atoms with Gasteiger partial charge in [0.2, 0.25) is 5.91 Å². The normalized spacial score (nSPS) is 14.7. The number of halogens is 1. The van der Waals surface area contributed by atoms with Crippen molar-refractivity contribution in [1.29, 1.82) is 0 Å². The molecule has 0 spiro atoms. The molecule has 0 N–H and O–H groups in total. The number of piperazine rings is 1. The highest BCUT2D eigenvalue weighted by atomic mass is 79.9. The Morgan fingerprint density at radius 1 is 1.19 bits per heavy atom. The summed E-state index contributed by atoms with van der Waals surface area (Å²) in [4.78, 5) is 21.4. The number of carbonyl (C=O) groups excluding carboxylic acids is 1. The zero-order valence-electron chi connectivity index (χ0n) is 15.2. The van der Waals surface area contributed by atoms with Gasteiger partial charge in [-0.25, -0.2) is 0 Å². The minimum Gasteiger partial charge on any atom is -0.353 e. The van der Waals surface area contributed by atoms with E-state index in [1.807, 2.05) is 33.6 Å². The number of amides is 1. The molecule has 1 fully saturated rings. The van der Waals surface area contributed by atoms with Gasteiger partial charge in [-0.05, 0) is 18.1 Å². The molecule has 0 aliphatic carbocycles. The Kier molecular flexibility index (Phi) is 5.07. The van der Waals surface area contributed by atoms with Gasteiger partial charge < -0.3 is 9.80 Å². The molecule has 140 valence electrons. The average Bonchev–Trinajstić information content (AvgIpc) is 3.18. The highest BCUT2D eigenvalue weighted by molar-refractivity contribution is 9.10. The summed E-state index contributed by atoms with van der Waals surface area (Å²) in [6.07, 6.45) is 3.00. The first kappa shape index (κ1) is 17.9. The van der Waals surface area contributed by atoms with Crippen molar-refractivity contribution >= 4 is 33.4 Å². The topological polar surface area (TPSA) is 66.6 Å². The summed E-state index contributed by atoms with van der Waals surface area (Å²) in [6, 6.07) is 9.97. The molecular weight excluding hydrogens is 408 g/mol. The van der Waals surface area contributed by atoms with Crippen LogP contribution in [0.1, 0.15) is 18.2 Å². The zero-order valence-corrected chi connectivity index (χ0v) is 16.8. The molecule has 0 radical (unpaired) electrons. The van der Waals surface area contributed by atoms with Crippen LogP contribution < -0.4 is 4.90 Å². The van der Waals surface area contributed by atoms with Crippen molar-refractivity contribution < 1.29 is 4.79 Å².